The number of Topliss-reactive ketones (excluding diaryl/α,β-unsaturated/α-hetero) is 1. The van der Waals surface area contributed by atoms with Gasteiger partial charge in [-0.3, -0.25) is 4.79 Å². The second-order valence-electron chi connectivity index (χ2n) is 5.16. The van der Waals surface area contributed by atoms with Crippen molar-refractivity contribution in [2.75, 3.05) is 7.11 Å². The van der Waals surface area contributed by atoms with Crippen LogP contribution in [0.1, 0.15) is 48.4 Å². The Bertz CT molecular complexity index is 609. The Kier molecular flexibility index (Phi) is 6.89. The number of halogens is 1. The van der Waals surface area contributed by atoms with Gasteiger partial charge in [0.1, 0.15) is 5.75 Å². The van der Waals surface area contributed by atoms with Gasteiger partial charge in [-0.1, -0.05) is 25.0 Å². The fraction of sp³-hybridized carbons (Fsp3) is 0.412. The molecule has 0 bridgehead atoms. The molecule has 0 atom stereocenters. The van der Waals surface area contributed by atoms with Gasteiger partial charge in [-0.25, -0.2) is 4.98 Å². The lowest BCUT2D eigenvalue weighted by Crippen LogP contribution is -1.99. The van der Waals surface area contributed by atoms with E-state index in [-0.39, 0.29) is 11.7 Å². The molecule has 0 saturated heterocycles. The van der Waals surface area contributed by atoms with E-state index in [2.05, 4.69) is 17.1 Å². The molecule has 0 N–H and O–H groups in total. The van der Waals surface area contributed by atoms with Crippen LogP contribution in [0.15, 0.2) is 34.9 Å². The molecule has 0 radical (unpaired) electrons. The number of rotatable bonds is 9. The van der Waals surface area contributed by atoms with Crippen molar-refractivity contribution in [3.63, 3.8) is 0 Å². The van der Waals surface area contributed by atoms with E-state index in [4.69, 9.17) is 9.15 Å². The number of ether oxygens (including phenoxy) is 1. The molecule has 4 nitrogen and oxygen atoms in total. The maximum Gasteiger partial charge on any atom is 0.264 e. The summed E-state index contributed by atoms with van der Waals surface area (Å²) in [6.45, 7) is 0. The van der Waals surface area contributed by atoms with Crippen molar-refractivity contribution in [3.05, 3.63) is 45.7 Å². The van der Waals surface area contributed by atoms with Crippen molar-refractivity contribution in [1.82, 2.24) is 4.98 Å². The maximum absolute atomic E-state index is 11.8. The zero-order valence-electron chi connectivity index (χ0n) is 12.7. The zero-order chi connectivity index (χ0) is 15.8. The van der Waals surface area contributed by atoms with Crippen LogP contribution < -0.4 is 4.74 Å². The molecule has 2 aromatic rings. The maximum atomic E-state index is 11.8. The van der Waals surface area contributed by atoms with E-state index in [1.807, 2.05) is 34.7 Å². The first-order chi connectivity index (χ1) is 10.7. The molecule has 1 aromatic carbocycles. The molecule has 1 aromatic heterocycles. The molecule has 0 saturated carbocycles. The molecule has 0 aliphatic carbocycles. The van der Waals surface area contributed by atoms with Crippen LogP contribution in [0.25, 0.3) is 0 Å². The van der Waals surface area contributed by atoms with Crippen LogP contribution in [0.4, 0.5) is 0 Å². The molecule has 1 heterocycles. The van der Waals surface area contributed by atoms with Gasteiger partial charge in [-0.05, 0) is 37.0 Å². The quantitative estimate of drug-likeness (QED) is 0.341. The number of ketones is 1. The predicted molar refractivity (Wildman–Crippen MR) is 93.3 cm³/mol. The molecule has 0 aliphatic heterocycles. The summed E-state index contributed by atoms with van der Waals surface area (Å²) < 4.78 is 11.1. The van der Waals surface area contributed by atoms with E-state index >= 15 is 0 Å². The fourth-order valence-electron chi connectivity index (χ4n) is 2.29. The van der Waals surface area contributed by atoms with Gasteiger partial charge in [0.05, 0.1) is 13.3 Å². The number of hydrogen-bond donors (Lipinski definition) is 0. The first-order valence-corrected chi connectivity index (χ1v) is 8.54. The largest absolute Gasteiger partial charge is 0.497 e. The molecule has 118 valence electrons. The summed E-state index contributed by atoms with van der Waals surface area (Å²) in [6.07, 6.45) is 7.30. The summed E-state index contributed by atoms with van der Waals surface area (Å²) in [4.78, 5) is 15.8. The number of methoxy groups -OCH3 is 1. The Morgan fingerprint density at radius 1 is 1.27 bits per heavy atom. The van der Waals surface area contributed by atoms with Crippen LogP contribution in [-0.4, -0.2) is 17.9 Å². The van der Waals surface area contributed by atoms with Gasteiger partial charge < -0.3 is 9.15 Å². The fourth-order valence-corrected chi connectivity index (χ4v) is 2.63. The molecule has 0 unspecified atom stereocenters. The minimum Gasteiger partial charge on any atom is -0.497 e. The van der Waals surface area contributed by atoms with E-state index in [9.17, 15) is 4.79 Å². The second kappa shape index (κ2) is 8.92. The van der Waals surface area contributed by atoms with Crippen molar-refractivity contribution in [3.8, 4) is 5.75 Å². The van der Waals surface area contributed by atoms with Crippen molar-refractivity contribution >= 4 is 28.4 Å². The third kappa shape index (κ3) is 5.44. The highest BCUT2D eigenvalue weighted by Gasteiger charge is 2.11. The summed E-state index contributed by atoms with van der Waals surface area (Å²) in [6, 6.07) is 8.17. The first kappa shape index (κ1) is 17.0. The van der Waals surface area contributed by atoms with Crippen molar-refractivity contribution < 1.29 is 13.9 Å². The lowest BCUT2D eigenvalue weighted by molar-refractivity contribution is 0.0944. The van der Waals surface area contributed by atoms with Gasteiger partial charge in [0.25, 0.3) is 5.89 Å². The van der Waals surface area contributed by atoms with E-state index < -0.39 is 0 Å². The normalized spacial score (nSPS) is 10.6. The zero-order valence-corrected chi connectivity index (χ0v) is 14.8. The SMILES string of the molecule is COc1cccc(CCCCCCC(=O)c2ncc(I)o2)c1. The Labute approximate surface area is 144 Å². The summed E-state index contributed by atoms with van der Waals surface area (Å²) in [7, 11) is 1.69. The number of oxazole rings is 1. The summed E-state index contributed by atoms with van der Waals surface area (Å²) in [5, 5.41) is 0. The van der Waals surface area contributed by atoms with Gasteiger partial charge in [0, 0.05) is 29.0 Å². The van der Waals surface area contributed by atoms with Crippen molar-refractivity contribution in [2.45, 2.75) is 38.5 Å². The van der Waals surface area contributed by atoms with E-state index in [1.54, 1.807) is 13.3 Å². The van der Waals surface area contributed by atoms with E-state index in [0.717, 1.165) is 37.9 Å². The third-order valence-electron chi connectivity index (χ3n) is 3.47. The number of aryl methyl sites for hydroxylation is 1. The smallest absolute Gasteiger partial charge is 0.264 e. The van der Waals surface area contributed by atoms with Crippen LogP contribution in [-0.2, 0) is 6.42 Å². The van der Waals surface area contributed by atoms with Gasteiger partial charge in [0.2, 0.25) is 5.78 Å². The monoisotopic (exact) mass is 413 g/mol. The van der Waals surface area contributed by atoms with Crippen LogP contribution in [0.3, 0.4) is 0 Å². The van der Waals surface area contributed by atoms with Gasteiger partial charge in [-0.15, -0.1) is 0 Å². The van der Waals surface area contributed by atoms with Crippen molar-refractivity contribution in [1.29, 1.82) is 0 Å². The van der Waals surface area contributed by atoms with Crippen LogP contribution >= 0.6 is 22.6 Å². The topological polar surface area (TPSA) is 52.3 Å². The average molecular weight is 413 g/mol. The van der Waals surface area contributed by atoms with Crippen LogP contribution in [0, 0.1) is 3.77 Å². The van der Waals surface area contributed by atoms with E-state index in [1.165, 1.54) is 5.56 Å². The van der Waals surface area contributed by atoms with Crippen LogP contribution in [0.5, 0.6) is 5.75 Å². The number of carbonyl (C=O) groups is 1. The highest BCUT2D eigenvalue weighted by atomic mass is 127. The number of hydrogen-bond acceptors (Lipinski definition) is 4. The first-order valence-electron chi connectivity index (χ1n) is 7.46. The van der Waals surface area contributed by atoms with Gasteiger partial charge in [0.15, 0.2) is 3.77 Å². The number of carbonyl (C=O) groups excluding carboxylic acids is 1. The van der Waals surface area contributed by atoms with Crippen LogP contribution in [0.2, 0.25) is 0 Å². The van der Waals surface area contributed by atoms with Gasteiger partial charge >= 0.3 is 0 Å². The Morgan fingerprint density at radius 3 is 2.82 bits per heavy atom. The molecule has 0 spiro atoms. The summed E-state index contributed by atoms with van der Waals surface area (Å²) >= 11 is 2.01. The number of nitrogens with zero attached hydrogens (tertiary/aromatic N) is 1. The standard InChI is InChI=1S/C17H20INO3/c1-21-14-9-6-8-13(11-14)7-4-2-3-5-10-15(20)17-19-12-16(18)22-17/h6,8-9,11-12H,2-5,7,10H2,1H3. The molecule has 5 heteroatoms. The summed E-state index contributed by atoms with van der Waals surface area (Å²) in [5.41, 5.74) is 1.30. The highest BCUT2D eigenvalue weighted by Crippen LogP contribution is 2.16. The Morgan fingerprint density at radius 2 is 2.09 bits per heavy atom. The highest BCUT2D eigenvalue weighted by molar-refractivity contribution is 14.1. The minimum absolute atomic E-state index is 0.00397. The lowest BCUT2D eigenvalue weighted by atomic mass is 10.0. The minimum atomic E-state index is -0.00397. The molecule has 2 rings (SSSR count). The third-order valence-corrected chi connectivity index (χ3v) is 3.97. The molecule has 0 amide bonds. The van der Waals surface area contributed by atoms with Gasteiger partial charge in [-0.2, -0.15) is 0 Å². The number of aromatic nitrogens is 1. The second-order valence-corrected chi connectivity index (χ2v) is 6.22. The molecular formula is C17H20INO3. The number of benzene rings is 1. The lowest BCUT2D eigenvalue weighted by Gasteiger charge is -2.04. The molecular weight excluding hydrogens is 393 g/mol. The molecule has 22 heavy (non-hydrogen) atoms. The molecule has 0 aliphatic rings. The summed E-state index contributed by atoms with van der Waals surface area (Å²) in [5.74, 6) is 1.14. The average Bonchev–Trinajstić information content (AvgIpc) is 2.97. The Balaban J connectivity index is 1.60. The Hall–Kier alpha value is -1.37. The molecule has 0 fully saturated rings. The van der Waals surface area contributed by atoms with Crippen molar-refractivity contribution in [2.24, 2.45) is 0 Å². The number of unbranched alkanes of at least 4 members (excludes halogenated alkanes) is 3. The van der Waals surface area contributed by atoms with E-state index in [0.29, 0.717) is 10.2 Å². The predicted octanol–water partition coefficient (Wildman–Crippen LogP) is 4.66.